The maximum Gasteiger partial charge on any atom is 0.262 e. The van der Waals surface area contributed by atoms with Crippen molar-refractivity contribution in [2.24, 2.45) is 7.05 Å². The van der Waals surface area contributed by atoms with Crippen LogP contribution in [0.25, 0.3) is 27.6 Å². The van der Waals surface area contributed by atoms with Gasteiger partial charge < -0.3 is 0 Å². The quantitative estimate of drug-likeness (QED) is 0.313. The Labute approximate surface area is 181 Å². The van der Waals surface area contributed by atoms with Gasteiger partial charge >= 0.3 is 0 Å². The molecule has 0 unspecified atom stereocenters. The Morgan fingerprint density at radius 3 is 2.48 bits per heavy atom. The van der Waals surface area contributed by atoms with Crippen molar-refractivity contribution in [2.75, 3.05) is 0 Å². The highest BCUT2D eigenvalue weighted by atomic mass is 32.2. The first-order chi connectivity index (χ1) is 15.1. The predicted molar refractivity (Wildman–Crippen MR) is 122 cm³/mol. The van der Waals surface area contributed by atoms with Gasteiger partial charge in [0.1, 0.15) is 5.82 Å². The van der Waals surface area contributed by atoms with Crippen molar-refractivity contribution in [3.8, 4) is 0 Å². The molecular formula is C22H20N6O2S. The number of benzene rings is 2. The van der Waals surface area contributed by atoms with Crippen LogP contribution in [0.5, 0.6) is 0 Å². The third kappa shape index (κ3) is 3.12. The van der Waals surface area contributed by atoms with Gasteiger partial charge in [0.25, 0.3) is 11.1 Å². The van der Waals surface area contributed by atoms with Gasteiger partial charge in [0, 0.05) is 13.6 Å². The normalized spacial score (nSPS) is 11.7. The van der Waals surface area contributed by atoms with Crippen LogP contribution in [0.15, 0.2) is 63.3 Å². The van der Waals surface area contributed by atoms with Gasteiger partial charge in [0.05, 0.1) is 27.6 Å². The lowest BCUT2D eigenvalue weighted by molar-refractivity contribution is 0.584. The topological polar surface area (TPSA) is 87.1 Å². The van der Waals surface area contributed by atoms with Gasteiger partial charge in [-0.25, -0.2) is 4.98 Å². The molecule has 0 radical (unpaired) electrons. The number of nitrogens with zero attached hydrogens (tertiary/aromatic N) is 6. The van der Waals surface area contributed by atoms with Crippen molar-refractivity contribution in [2.45, 2.75) is 30.8 Å². The van der Waals surface area contributed by atoms with Gasteiger partial charge in [-0.3, -0.25) is 23.1 Å². The molecule has 0 amide bonds. The van der Waals surface area contributed by atoms with Crippen LogP contribution in [0, 0.1) is 0 Å². The highest BCUT2D eigenvalue weighted by molar-refractivity contribution is 7.98. The van der Waals surface area contributed by atoms with Crippen LogP contribution in [0.4, 0.5) is 0 Å². The summed E-state index contributed by atoms with van der Waals surface area (Å²) in [5.41, 5.74) is 1.30. The highest BCUT2D eigenvalue weighted by Gasteiger charge is 2.16. The monoisotopic (exact) mass is 432 g/mol. The SMILES string of the molecule is CCCn1c(SCc2nnc3n(C)c(=O)c4ccccc4n23)nc2ccccc2c1=O. The van der Waals surface area contributed by atoms with E-state index in [1.54, 1.807) is 17.7 Å². The standard InChI is InChI=1S/C22H20N6O2S/c1-3-12-27-20(30)14-8-4-6-10-16(14)23-22(27)31-13-18-24-25-21-26(2)19(29)15-9-5-7-11-17(15)28(18)21/h4-11H,3,12-13H2,1-2H3. The van der Waals surface area contributed by atoms with Gasteiger partial charge in [0.15, 0.2) is 5.16 Å². The highest BCUT2D eigenvalue weighted by Crippen LogP contribution is 2.23. The zero-order chi connectivity index (χ0) is 21.5. The van der Waals surface area contributed by atoms with E-state index >= 15 is 0 Å². The summed E-state index contributed by atoms with van der Waals surface area (Å²) in [6.45, 7) is 2.63. The molecule has 0 atom stereocenters. The maximum atomic E-state index is 13.0. The van der Waals surface area contributed by atoms with Crippen LogP contribution in [0.1, 0.15) is 19.2 Å². The van der Waals surface area contributed by atoms with Crippen molar-refractivity contribution in [1.29, 1.82) is 0 Å². The Balaban J connectivity index is 1.62. The zero-order valence-electron chi connectivity index (χ0n) is 17.1. The number of para-hydroxylation sites is 2. The Bertz CT molecular complexity index is 1570. The lowest BCUT2D eigenvalue weighted by Gasteiger charge is -2.12. The van der Waals surface area contributed by atoms with E-state index in [1.165, 1.54) is 16.3 Å². The molecule has 5 aromatic rings. The Hall–Kier alpha value is -3.46. The van der Waals surface area contributed by atoms with Crippen LogP contribution in [-0.4, -0.2) is 28.7 Å². The lowest BCUT2D eigenvalue weighted by Crippen LogP contribution is -2.23. The van der Waals surface area contributed by atoms with Crippen LogP contribution >= 0.6 is 11.8 Å². The third-order valence-electron chi connectivity index (χ3n) is 5.30. The molecule has 0 N–H and O–H groups in total. The van der Waals surface area contributed by atoms with Crippen molar-refractivity contribution in [3.63, 3.8) is 0 Å². The minimum Gasteiger partial charge on any atom is -0.287 e. The number of thioether (sulfide) groups is 1. The molecule has 0 saturated heterocycles. The summed E-state index contributed by atoms with van der Waals surface area (Å²) in [7, 11) is 1.69. The molecule has 0 aliphatic rings. The summed E-state index contributed by atoms with van der Waals surface area (Å²) in [6.07, 6.45) is 0.827. The number of fused-ring (bicyclic) bond motifs is 4. The number of hydrogen-bond acceptors (Lipinski definition) is 6. The molecule has 0 saturated carbocycles. The summed E-state index contributed by atoms with van der Waals surface area (Å²) in [4.78, 5) is 30.4. The molecule has 0 aliphatic heterocycles. The van der Waals surface area contributed by atoms with E-state index in [0.717, 1.165) is 11.9 Å². The number of aromatic nitrogens is 6. The predicted octanol–water partition coefficient (Wildman–Crippen LogP) is 2.99. The minimum atomic E-state index is -0.109. The van der Waals surface area contributed by atoms with Crippen LogP contribution < -0.4 is 11.1 Å². The van der Waals surface area contributed by atoms with Gasteiger partial charge in [-0.2, -0.15) is 0 Å². The maximum absolute atomic E-state index is 13.0. The second-order valence-corrected chi connectivity index (χ2v) is 8.23. The van der Waals surface area contributed by atoms with Gasteiger partial charge in [-0.05, 0) is 30.7 Å². The third-order valence-corrected chi connectivity index (χ3v) is 6.27. The Morgan fingerprint density at radius 2 is 1.68 bits per heavy atom. The fourth-order valence-electron chi connectivity index (χ4n) is 3.79. The number of aryl methyl sites for hydroxylation is 1. The summed E-state index contributed by atoms with van der Waals surface area (Å²) in [5, 5.41) is 10.5. The van der Waals surface area contributed by atoms with Crippen molar-refractivity contribution in [1.82, 2.24) is 28.7 Å². The minimum absolute atomic E-state index is 0.0334. The smallest absolute Gasteiger partial charge is 0.262 e. The molecule has 0 bridgehead atoms. The first-order valence-electron chi connectivity index (χ1n) is 10.0. The second-order valence-electron chi connectivity index (χ2n) is 7.29. The average Bonchev–Trinajstić information content (AvgIpc) is 3.22. The van der Waals surface area contributed by atoms with E-state index in [4.69, 9.17) is 4.98 Å². The van der Waals surface area contributed by atoms with Crippen molar-refractivity contribution < 1.29 is 0 Å². The fourth-order valence-corrected chi connectivity index (χ4v) is 4.73. The van der Waals surface area contributed by atoms with Crippen molar-refractivity contribution in [3.05, 3.63) is 75.1 Å². The Morgan fingerprint density at radius 1 is 0.935 bits per heavy atom. The second kappa shape index (κ2) is 7.66. The van der Waals surface area contributed by atoms with Gasteiger partial charge in [-0.1, -0.05) is 43.0 Å². The molecule has 0 spiro atoms. The summed E-state index contributed by atoms with van der Waals surface area (Å²) >= 11 is 1.45. The molecule has 3 heterocycles. The van der Waals surface area contributed by atoms with E-state index in [9.17, 15) is 9.59 Å². The van der Waals surface area contributed by atoms with E-state index in [-0.39, 0.29) is 11.1 Å². The largest absolute Gasteiger partial charge is 0.287 e. The Kier molecular flexibility index (Phi) is 4.82. The summed E-state index contributed by atoms with van der Waals surface area (Å²) in [5.74, 6) is 1.63. The molecule has 156 valence electrons. The zero-order valence-corrected chi connectivity index (χ0v) is 18.0. The molecule has 5 rings (SSSR count). The molecule has 2 aromatic carbocycles. The van der Waals surface area contributed by atoms with Crippen molar-refractivity contribution >= 4 is 39.3 Å². The number of rotatable bonds is 5. The lowest BCUT2D eigenvalue weighted by atomic mass is 10.2. The molecule has 0 fully saturated rings. The molecular weight excluding hydrogens is 412 g/mol. The average molecular weight is 433 g/mol. The molecule has 8 nitrogen and oxygen atoms in total. The van der Waals surface area contributed by atoms with E-state index in [1.807, 2.05) is 53.8 Å². The fraction of sp³-hybridized carbons (Fsp3) is 0.227. The molecule has 3 aromatic heterocycles. The van der Waals surface area contributed by atoms with E-state index in [0.29, 0.717) is 45.3 Å². The van der Waals surface area contributed by atoms with Gasteiger partial charge in [-0.15, -0.1) is 10.2 Å². The first kappa shape index (κ1) is 19.5. The van der Waals surface area contributed by atoms with E-state index in [2.05, 4.69) is 10.2 Å². The van der Waals surface area contributed by atoms with Crippen LogP contribution in [0.2, 0.25) is 0 Å². The summed E-state index contributed by atoms with van der Waals surface area (Å²) < 4.78 is 5.13. The number of hydrogen-bond donors (Lipinski definition) is 0. The molecule has 31 heavy (non-hydrogen) atoms. The molecule has 9 heteroatoms. The first-order valence-corrected chi connectivity index (χ1v) is 11.0. The van der Waals surface area contributed by atoms with Gasteiger partial charge in [0.2, 0.25) is 5.78 Å². The molecule has 0 aliphatic carbocycles. The summed E-state index contributed by atoms with van der Waals surface area (Å²) in [6, 6.07) is 14.8. The van der Waals surface area contributed by atoms with Crippen LogP contribution in [0.3, 0.4) is 0 Å². The van der Waals surface area contributed by atoms with E-state index < -0.39 is 0 Å². The van der Waals surface area contributed by atoms with Crippen LogP contribution in [-0.2, 0) is 19.3 Å².